The van der Waals surface area contributed by atoms with Crippen LogP contribution < -0.4 is 10.2 Å². The summed E-state index contributed by atoms with van der Waals surface area (Å²) < 4.78 is 0. The minimum Gasteiger partial charge on any atom is -0.371 e. The zero-order valence-corrected chi connectivity index (χ0v) is 14.6. The maximum atomic E-state index is 12.7. The summed E-state index contributed by atoms with van der Waals surface area (Å²) in [5.41, 5.74) is 1.23. The molecule has 2 fully saturated rings. The molecule has 0 radical (unpaired) electrons. The van der Waals surface area contributed by atoms with Crippen LogP contribution in [0.5, 0.6) is 0 Å². The van der Waals surface area contributed by atoms with Gasteiger partial charge in [-0.1, -0.05) is 18.2 Å². The monoisotopic (exact) mass is 329 g/mol. The molecule has 0 bridgehead atoms. The lowest BCUT2D eigenvalue weighted by atomic mass is 9.99. The molecule has 1 aromatic carbocycles. The average molecular weight is 329 g/mol. The van der Waals surface area contributed by atoms with Crippen LogP contribution in [0.15, 0.2) is 30.3 Å². The van der Waals surface area contributed by atoms with Crippen LogP contribution in [0.4, 0.5) is 5.69 Å². The van der Waals surface area contributed by atoms with Gasteiger partial charge < -0.3 is 15.1 Å². The molecule has 2 unspecified atom stereocenters. The Kier molecular flexibility index (Phi) is 5.19. The summed E-state index contributed by atoms with van der Waals surface area (Å²) in [4.78, 5) is 28.4. The molecule has 2 saturated heterocycles. The predicted octanol–water partition coefficient (Wildman–Crippen LogP) is 1.68. The number of nitrogens with zero attached hydrogens (tertiary/aromatic N) is 2. The number of piperidine rings is 1. The van der Waals surface area contributed by atoms with Crippen molar-refractivity contribution in [2.45, 2.75) is 38.3 Å². The zero-order chi connectivity index (χ0) is 17.1. The molecule has 2 aliphatic heterocycles. The molecular formula is C19H27N3O2. The van der Waals surface area contributed by atoms with Crippen molar-refractivity contribution < 1.29 is 9.59 Å². The number of benzene rings is 1. The lowest BCUT2D eigenvalue weighted by molar-refractivity contribution is -0.134. The first-order valence-corrected chi connectivity index (χ1v) is 8.86. The van der Waals surface area contributed by atoms with Crippen LogP contribution in [0, 0.1) is 5.92 Å². The number of rotatable bonds is 4. The molecule has 2 aliphatic rings. The highest BCUT2D eigenvalue weighted by molar-refractivity contribution is 5.85. The number of likely N-dealkylation sites (tertiary alicyclic amines) is 1. The van der Waals surface area contributed by atoms with E-state index in [1.807, 2.05) is 11.0 Å². The summed E-state index contributed by atoms with van der Waals surface area (Å²) in [6.45, 7) is 3.84. The highest BCUT2D eigenvalue weighted by Crippen LogP contribution is 2.23. The Labute approximate surface area is 144 Å². The Hall–Kier alpha value is -1.88. The number of carbonyl (C=O) groups is 2. The minimum absolute atomic E-state index is 0.000651. The summed E-state index contributed by atoms with van der Waals surface area (Å²) >= 11 is 0. The summed E-state index contributed by atoms with van der Waals surface area (Å²) in [5.74, 6) is 0.348. The van der Waals surface area contributed by atoms with Crippen molar-refractivity contribution in [1.82, 2.24) is 10.2 Å². The normalized spacial score (nSPS) is 24.8. The number of ketones is 1. The van der Waals surface area contributed by atoms with Crippen molar-refractivity contribution in [1.29, 1.82) is 0 Å². The van der Waals surface area contributed by atoms with Crippen LogP contribution in [0.3, 0.4) is 0 Å². The van der Waals surface area contributed by atoms with Gasteiger partial charge >= 0.3 is 0 Å². The predicted molar refractivity (Wildman–Crippen MR) is 95.0 cm³/mol. The van der Waals surface area contributed by atoms with Gasteiger partial charge in [-0.25, -0.2) is 0 Å². The number of para-hydroxylation sites is 1. The van der Waals surface area contributed by atoms with Crippen molar-refractivity contribution in [2.75, 3.05) is 31.6 Å². The fraction of sp³-hybridized carbons (Fsp3) is 0.579. The fourth-order valence-electron chi connectivity index (χ4n) is 3.80. The first-order chi connectivity index (χ1) is 11.6. The smallest absolute Gasteiger partial charge is 0.239 e. The van der Waals surface area contributed by atoms with Crippen LogP contribution >= 0.6 is 0 Å². The quantitative estimate of drug-likeness (QED) is 0.913. The molecule has 130 valence electrons. The zero-order valence-electron chi connectivity index (χ0n) is 14.6. The van der Waals surface area contributed by atoms with Gasteiger partial charge in [0, 0.05) is 44.3 Å². The Morgan fingerprint density at radius 2 is 1.83 bits per heavy atom. The molecule has 2 heterocycles. The number of hydrogen-bond acceptors (Lipinski definition) is 4. The number of carbonyl (C=O) groups excluding carboxylic acids is 2. The van der Waals surface area contributed by atoms with Gasteiger partial charge in [-0.15, -0.1) is 0 Å². The standard InChI is InChI=1S/C19H27N3O2/c1-14(23)15-12-18(20-13-15)19(24)22-10-8-17(9-11-22)21(2)16-6-4-3-5-7-16/h3-7,15,17-18,20H,8-13H2,1-2H3. The molecule has 5 nitrogen and oxygen atoms in total. The number of amides is 1. The minimum atomic E-state index is -0.178. The number of nitrogens with one attached hydrogen (secondary N) is 1. The van der Waals surface area contributed by atoms with Crippen molar-refractivity contribution in [2.24, 2.45) is 5.92 Å². The van der Waals surface area contributed by atoms with Gasteiger partial charge in [-0.3, -0.25) is 9.59 Å². The van der Waals surface area contributed by atoms with Crippen LogP contribution in [0.2, 0.25) is 0 Å². The van der Waals surface area contributed by atoms with E-state index in [1.54, 1.807) is 6.92 Å². The topological polar surface area (TPSA) is 52.7 Å². The highest BCUT2D eigenvalue weighted by Gasteiger charge is 2.35. The van der Waals surface area contributed by atoms with Crippen molar-refractivity contribution in [3.05, 3.63) is 30.3 Å². The molecular weight excluding hydrogens is 302 g/mol. The largest absolute Gasteiger partial charge is 0.371 e. The average Bonchev–Trinajstić information content (AvgIpc) is 3.12. The molecule has 3 rings (SSSR count). The molecule has 5 heteroatoms. The second-order valence-electron chi connectivity index (χ2n) is 7.01. The second kappa shape index (κ2) is 7.34. The third kappa shape index (κ3) is 3.61. The van der Waals surface area contributed by atoms with E-state index in [0.29, 0.717) is 19.0 Å². The summed E-state index contributed by atoms with van der Waals surface area (Å²) in [7, 11) is 2.13. The number of hydrogen-bond donors (Lipinski definition) is 1. The van der Waals surface area contributed by atoms with Crippen molar-refractivity contribution >= 4 is 17.4 Å². The van der Waals surface area contributed by atoms with E-state index in [9.17, 15) is 9.59 Å². The molecule has 2 atom stereocenters. The van der Waals surface area contributed by atoms with E-state index in [2.05, 4.69) is 41.5 Å². The Balaban J connectivity index is 1.52. The van der Waals surface area contributed by atoms with E-state index in [1.165, 1.54) is 5.69 Å². The summed E-state index contributed by atoms with van der Waals surface area (Å²) in [6.07, 6.45) is 2.62. The van der Waals surface area contributed by atoms with Crippen LogP contribution in [-0.2, 0) is 9.59 Å². The van der Waals surface area contributed by atoms with Gasteiger partial charge in [0.2, 0.25) is 5.91 Å². The molecule has 1 amide bonds. The van der Waals surface area contributed by atoms with Crippen molar-refractivity contribution in [3.63, 3.8) is 0 Å². The molecule has 0 saturated carbocycles. The molecule has 0 aromatic heterocycles. The first kappa shape index (κ1) is 17.0. The second-order valence-corrected chi connectivity index (χ2v) is 7.01. The third-order valence-electron chi connectivity index (χ3n) is 5.49. The van der Waals surface area contributed by atoms with E-state index < -0.39 is 0 Å². The van der Waals surface area contributed by atoms with Crippen molar-refractivity contribution in [3.8, 4) is 0 Å². The molecule has 0 spiro atoms. The van der Waals surface area contributed by atoms with Gasteiger partial charge in [0.15, 0.2) is 0 Å². The molecule has 24 heavy (non-hydrogen) atoms. The molecule has 1 aromatic rings. The van der Waals surface area contributed by atoms with E-state index in [0.717, 1.165) is 25.9 Å². The maximum Gasteiger partial charge on any atom is 0.239 e. The summed E-state index contributed by atoms with van der Waals surface area (Å²) in [5, 5.41) is 3.22. The third-order valence-corrected chi connectivity index (χ3v) is 5.49. The SMILES string of the molecule is CC(=O)C1CNC(C(=O)N2CCC(N(C)c3ccccc3)CC2)C1. The van der Waals surface area contributed by atoms with Crippen LogP contribution in [0.25, 0.3) is 0 Å². The molecule has 1 N–H and O–H groups in total. The van der Waals surface area contributed by atoms with Gasteiger partial charge in [0.1, 0.15) is 5.78 Å². The van der Waals surface area contributed by atoms with Gasteiger partial charge in [0.05, 0.1) is 6.04 Å². The van der Waals surface area contributed by atoms with E-state index >= 15 is 0 Å². The highest BCUT2D eigenvalue weighted by atomic mass is 16.2. The van der Waals surface area contributed by atoms with E-state index in [4.69, 9.17) is 0 Å². The van der Waals surface area contributed by atoms with E-state index in [-0.39, 0.29) is 23.7 Å². The lowest BCUT2D eigenvalue weighted by Gasteiger charge is -2.38. The Morgan fingerprint density at radius 1 is 1.17 bits per heavy atom. The number of anilines is 1. The van der Waals surface area contributed by atoms with Crippen LogP contribution in [-0.4, -0.2) is 55.4 Å². The van der Waals surface area contributed by atoms with Crippen LogP contribution in [0.1, 0.15) is 26.2 Å². The Morgan fingerprint density at radius 3 is 2.42 bits per heavy atom. The summed E-state index contributed by atoms with van der Waals surface area (Å²) in [6, 6.07) is 10.7. The lowest BCUT2D eigenvalue weighted by Crippen LogP contribution is -2.50. The number of Topliss-reactive ketones (excluding diaryl/α,β-unsaturated/α-hetero) is 1. The van der Waals surface area contributed by atoms with Gasteiger partial charge in [-0.2, -0.15) is 0 Å². The maximum absolute atomic E-state index is 12.7. The Bertz CT molecular complexity index is 582. The van der Waals surface area contributed by atoms with Gasteiger partial charge in [-0.05, 0) is 38.3 Å². The fourth-order valence-corrected chi connectivity index (χ4v) is 3.80. The van der Waals surface area contributed by atoms with Gasteiger partial charge in [0.25, 0.3) is 0 Å². The first-order valence-electron chi connectivity index (χ1n) is 8.86. The molecule has 0 aliphatic carbocycles.